The molecule has 3 heterocycles. The standard InChI is InChI=1S/C31H39N5O5/c1-18-23-13-12-21-11-10-20(17-25(21)34-23)14-15-31(3,4)30(40)41-26(22-7-5-8-22)28(38)33-19(2)29(39)36-16-6-9-24(35-36)27(37)32-18/h10-15,17-19,22,24,26,35H,5-9,16H2,1-4H3,(H,32,37)(H,33,38). The van der Waals surface area contributed by atoms with Gasteiger partial charge in [0.1, 0.15) is 12.1 Å². The second kappa shape index (κ2) is 11.6. The Morgan fingerprint density at radius 3 is 2.39 bits per heavy atom. The number of nitrogens with one attached hydrogen (secondary N) is 3. The summed E-state index contributed by atoms with van der Waals surface area (Å²) in [7, 11) is 0. The van der Waals surface area contributed by atoms with Crippen LogP contribution >= 0.6 is 0 Å². The van der Waals surface area contributed by atoms with Crippen molar-refractivity contribution in [3.63, 3.8) is 0 Å². The summed E-state index contributed by atoms with van der Waals surface area (Å²) in [6, 6.07) is 7.88. The van der Waals surface area contributed by atoms with E-state index in [-0.39, 0.29) is 23.8 Å². The first-order chi connectivity index (χ1) is 19.5. The van der Waals surface area contributed by atoms with E-state index in [2.05, 4.69) is 16.1 Å². The summed E-state index contributed by atoms with van der Waals surface area (Å²) >= 11 is 0. The maximum Gasteiger partial charge on any atom is 0.316 e. The van der Waals surface area contributed by atoms with Crippen molar-refractivity contribution < 1.29 is 23.9 Å². The van der Waals surface area contributed by atoms with Gasteiger partial charge in [-0.15, -0.1) is 0 Å². The number of fused-ring (bicyclic) bond motifs is 4. The van der Waals surface area contributed by atoms with Crippen LogP contribution in [0.2, 0.25) is 0 Å². The lowest BCUT2D eigenvalue weighted by atomic mass is 9.80. The maximum atomic E-state index is 13.3. The Balaban J connectivity index is 1.48. The summed E-state index contributed by atoms with van der Waals surface area (Å²) in [5.41, 5.74) is 4.38. The average Bonchev–Trinajstić information content (AvgIpc) is 2.93. The lowest BCUT2D eigenvalue weighted by Gasteiger charge is -2.36. The summed E-state index contributed by atoms with van der Waals surface area (Å²) in [5, 5.41) is 8.14. The van der Waals surface area contributed by atoms with Gasteiger partial charge in [-0.2, -0.15) is 0 Å². The molecule has 2 fully saturated rings. The number of pyridine rings is 1. The van der Waals surface area contributed by atoms with Crippen molar-refractivity contribution in [3.8, 4) is 0 Å². The predicted octanol–water partition coefficient (Wildman–Crippen LogP) is 3.18. The number of esters is 1. The Morgan fingerprint density at radius 2 is 1.66 bits per heavy atom. The summed E-state index contributed by atoms with van der Waals surface area (Å²) in [6.45, 7) is 7.40. The molecule has 1 aromatic carbocycles. The van der Waals surface area contributed by atoms with Gasteiger partial charge in [0.15, 0.2) is 6.10 Å². The monoisotopic (exact) mass is 561 g/mol. The van der Waals surface area contributed by atoms with Crippen LogP contribution in [0.15, 0.2) is 36.4 Å². The lowest BCUT2D eigenvalue weighted by molar-refractivity contribution is -0.168. The lowest BCUT2D eigenvalue weighted by Crippen LogP contribution is -2.61. The quantitative estimate of drug-likeness (QED) is 0.456. The normalized spacial score (nSPS) is 28.0. The van der Waals surface area contributed by atoms with Gasteiger partial charge in [-0.05, 0) is 71.1 Å². The second-order valence-electron chi connectivity index (χ2n) is 12.0. The van der Waals surface area contributed by atoms with Crippen LogP contribution in [0.3, 0.4) is 0 Å². The van der Waals surface area contributed by atoms with Crippen molar-refractivity contribution >= 4 is 40.7 Å². The van der Waals surface area contributed by atoms with Crippen LogP contribution in [0.4, 0.5) is 0 Å². The average molecular weight is 562 g/mol. The molecule has 3 N–H and O–H groups in total. The molecule has 0 spiro atoms. The first kappa shape index (κ1) is 28.7. The van der Waals surface area contributed by atoms with Crippen molar-refractivity contribution in [2.75, 3.05) is 6.54 Å². The molecule has 10 nitrogen and oxygen atoms in total. The van der Waals surface area contributed by atoms with E-state index in [0.717, 1.165) is 35.7 Å². The van der Waals surface area contributed by atoms with E-state index in [9.17, 15) is 19.2 Å². The van der Waals surface area contributed by atoms with E-state index in [4.69, 9.17) is 9.72 Å². The van der Waals surface area contributed by atoms with Crippen LogP contribution in [-0.2, 0) is 23.9 Å². The maximum absolute atomic E-state index is 13.3. The van der Waals surface area contributed by atoms with Crippen molar-refractivity contribution in [1.82, 2.24) is 26.1 Å². The van der Waals surface area contributed by atoms with E-state index >= 15 is 0 Å². The van der Waals surface area contributed by atoms with Crippen molar-refractivity contribution in [2.45, 2.75) is 84.0 Å². The third-order valence-electron chi connectivity index (χ3n) is 8.33. The highest BCUT2D eigenvalue weighted by Gasteiger charge is 2.40. The topological polar surface area (TPSA) is 130 Å². The molecule has 1 saturated heterocycles. The number of aromatic nitrogens is 1. The van der Waals surface area contributed by atoms with Crippen LogP contribution in [0.25, 0.3) is 17.0 Å². The number of carbonyl (C=O) groups excluding carboxylic acids is 4. The molecule has 10 heteroatoms. The molecule has 5 bridgehead atoms. The molecular weight excluding hydrogens is 522 g/mol. The molecule has 41 heavy (non-hydrogen) atoms. The number of hydrazine groups is 1. The van der Waals surface area contributed by atoms with Gasteiger partial charge in [0, 0.05) is 17.8 Å². The second-order valence-corrected chi connectivity index (χ2v) is 12.0. The molecule has 2 aliphatic heterocycles. The van der Waals surface area contributed by atoms with Gasteiger partial charge in [-0.3, -0.25) is 29.2 Å². The first-order valence-corrected chi connectivity index (χ1v) is 14.5. The Labute approximate surface area is 240 Å². The van der Waals surface area contributed by atoms with E-state index in [1.165, 1.54) is 5.01 Å². The van der Waals surface area contributed by atoms with Crippen LogP contribution in [0, 0.1) is 11.3 Å². The molecule has 218 valence electrons. The van der Waals surface area contributed by atoms with Gasteiger partial charge in [-0.1, -0.05) is 36.8 Å². The number of nitrogens with zero attached hydrogens (tertiary/aromatic N) is 2. The third kappa shape index (κ3) is 6.27. The molecule has 3 aliphatic rings. The molecule has 4 unspecified atom stereocenters. The number of amides is 3. The summed E-state index contributed by atoms with van der Waals surface area (Å²) in [5.74, 6) is -1.67. The number of rotatable bonds is 1. The highest BCUT2D eigenvalue weighted by atomic mass is 16.5. The highest BCUT2D eigenvalue weighted by Crippen LogP contribution is 2.33. The Kier molecular flexibility index (Phi) is 8.13. The fourth-order valence-corrected chi connectivity index (χ4v) is 5.35. The third-order valence-corrected chi connectivity index (χ3v) is 8.33. The largest absolute Gasteiger partial charge is 0.451 e. The molecule has 0 radical (unpaired) electrons. The molecule has 4 atom stereocenters. The molecule has 1 aromatic heterocycles. The summed E-state index contributed by atoms with van der Waals surface area (Å²) < 4.78 is 5.84. The van der Waals surface area contributed by atoms with E-state index in [1.807, 2.05) is 43.3 Å². The number of hydrogen-bond acceptors (Lipinski definition) is 7. The zero-order valence-electron chi connectivity index (χ0n) is 24.1. The fourth-order valence-electron chi connectivity index (χ4n) is 5.35. The minimum absolute atomic E-state index is 0.0911. The zero-order chi connectivity index (χ0) is 29.3. The highest BCUT2D eigenvalue weighted by molar-refractivity contribution is 5.91. The smallest absolute Gasteiger partial charge is 0.316 e. The van der Waals surface area contributed by atoms with Gasteiger partial charge in [0.2, 0.25) is 5.91 Å². The predicted molar refractivity (Wildman–Crippen MR) is 154 cm³/mol. The Bertz CT molecular complexity index is 1380. The van der Waals surface area contributed by atoms with Crippen LogP contribution in [0.5, 0.6) is 0 Å². The van der Waals surface area contributed by atoms with Gasteiger partial charge >= 0.3 is 5.97 Å². The fraction of sp³-hybridized carbons (Fsp3) is 0.516. The summed E-state index contributed by atoms with van der Waals surface area (Å²) in [4.78, 5) is 57.9. The summed E-state index contributed by atoms with van der Waals surface area (Å²) in [6.07, 6.45) is 6.35. The molecule has 5 rings (SSSR count). The van der Waals surface area contributed by atoms with E-state index in [0.29, 0.717) is 25.1 Å². The van der Waals surface area contributed by atoms with Gasteiger partial charge < -0.3 is 15.4 Å². The number of hydrogen-bond donors (Lipinski definition) is 3. The molecule has 3 amide bonds. The minimum atomic E-state index is -1.00. The van der Waals surface area contributed by atoms with Crippen LogP contribution in [0.1, 0.15) is 77.1 Å². The van der Waals surface area contributed by atoms with E-state index < -0.39 is 35.5 Å². The van der Waals surface area contributed by atoms with Crippen LogP contribution in [-0.4, -0.2) is 58.4 Å². The van der Waals surface area contributed by atoms with Gasteiger partial charge in [-0.25, -0.2) is 5.43 Å². The van der Waals surface area contributed by atoms with Gasteiger partial charge in [0.25, 0.3) is 11.8 Å². The first-order valence-electron chi connectivity index (χ1n) is 14.5. The minimum Gasteiger partial charge on any atom is -0.451 e. The van der Waals surface area contributed by atoms with Crippen molar-refractivity contribution in [3.05, 3.63) is 47.7 Å². The molecular formula is C31H39N5O5. The Morgan fingerprint density at radius 1 is 0.927 bits per heavy atom. The van der Waals surface area contributed by atoms with Gasteiger partial charge in [0.05, 0.1) is 22.7 Å². The number of benzene rings is 1. The van der Waals surface area contributed by atoms with Crippen molar-refractivity contribution in [2.24, 2.45) is 11.3 Å². The van der Waals surface area contributed by atoms with E-state index in [1.54, 1.807) is 26.8 Å². The molecule has 2 aromatic rings. The SMILES string of the molecule is CC1NC(=O)C(C2CCC2)OC(=O)C(C)(C)C=Cc2ccc3ccc(nc3c2)C(C)NC(=O)C2CCCN(N2)C1=O. The molecule has 1 saturated carbocycles. The molecule has 1 aliphatic carbocycles. The number of carbonyl (C=O) groups is 4. The zero-order valence-corrected chi connectivity index (χ0v) is 24.1. The van der Waals surface area contributed by atoms with Crippen LogP contribution < -0.4 is 16.1 Å². The Hall–Kier alpha value is -3.79. The number of cyclic esters (lactones) is 1. The number of ether oxygens (including phenoxy) is 1. The van der Waals surface area contributed by atoms with Crippen molar-refractivity contribution in [1.29, 1.82) is 0 Å².